The van der Waals surface area contributed by atoms with Crippen LogP contribution in [0.5, 0.6) is 0 Å². The fourth-order valence-corrected chi connectivity index (χ4v) is 3.19. The zero-order chi connectivity index (χ0) is 16.8. The van der Waals surface area contributed by atoms with E-state index in [4.69, 9.17) is 5.73 Å². The summed E-state index contributed by atoms with van der Waals surface area (Å²) in [4.78, 5) is 0. The molecule has 0 spiro atoms. The first-order chi connectivity index (χ1) is 11.8. The highest BCUT2D eigenvalue weighted by Crippen LogP contribution is 2.34. The highest BCUT2D eigenvalue weighted by atomic mass is 16.3. The van der Waals surface area contributed by atoms with E-state index in [1.807, 2.05) is 12.1 Å². The summed E-state index contributed by atoms with van der Waals surface area (Å²) in [6, 6.07) is 29.6. The van der Waals surface area contributed by atoms with Crippen LogP contribution in [-0.2, 0) is 6.42 Å². The minimum Gasteiger partial charge on any atom is -0.379 e. The molecule has 0 heterocycles. The molecule has 3 N–H and O–H groups in total. The predicted octanol–water partition coefficient (Wildman–Crippen LogP) is 4.08. The third-order valence-electron chi connectivity index (χ3n) is 4.34. The molecule has 2 nitrogen and oxygen atoms in total. The van der Waals surface area contributed by atoms with Crippen LogP contribution in [0.2, 0.25) is 0 Å². The van der Waals surface area contributed by atoms with Crippen molar-refractivity contribution in [3.63, 3.8) is 0 Å². The minimum atomic E-state index is -0.773. The van der Waals surface area contributed by atoms with Gasteiger partial charge < -0.3 is 10.8 Å². The van der Waals surface area contributed by atoms with Gasteiger partial charge in [-0.05, 0) is 35.1 Å². The smallest absolute Gasteiger partial charge is 0.102 e. The van der Waals surface area contributed by atoms with Crippen LogP contribution >= 0.6 is 0 Å². The highest BCUT2D eigenvalue weighted by molar-refractivity contribution is 5.46. The van der Waals surface area contributed by atoms with Crippen molar-refractivity contribution in [2.75, 3.05) is 0 Å². The maximum atomic E-state index is 9.46. The number of hydrogen-bond donors (Lipinski definition) is 2. The van der Waals surface area contributed by atoms with E-state index in [2.05, 4.69) is 72.8 Å². The minimum absolute atomic E-state index is 0.179. The fraction of sp³-hybridized carbons (Fsp3) is 0.182. The van der Waals surface area contributed by atoms with Crippen LogP contribution < -0.4 is 5.73 Å². The van der Waals surface area contributed by atoms with E-state index >= 15 is 0 Å². The SMILES string of the molecule is NC(O)CCc1ccccc1C(c1ccccc1)c1ccccc1. The molecule has 0 radical (unpaired) electrons. The molecule has 122 valence electrons. The molecular weight excluding hydrogens is 294 g/mol. The second-order valence-electron chi connectivity index (χ2n) is 6.06. The van der Waals surface area contributed by atoms with Gasteiger partial charge in [0.15, 0.2) is 0 Å². The first kappa shape index (κ1) is 16.4. The highest BCUT2D eigenvalue weighted by Gasteiger charge is 2.19. The number of aliphatic hydroxyl groups excluding tert-OH is 1. The molecule has 1 unspecified atom stereocenters. The molecule has 0 aliphatic rings. The Kier molecular flexibility index (Phi) is 5.42. The summed E-state index contributed by atoms with van der Waals surface area (Å²) in [5, 5.41) is 9.46. The van der Waals surface area contributed by atoms with Crippen molar-refractivity contribution in [3.8, 4) is 0 Å². The van der Waals surface area contributed by atoms with Crippen LogP contribution in [0.4, 0.5) is 0 Å². The number of hydrogen-bond acceptors (Lipinski definition) is 2. The van der Waals surface area contributed by atoms with Gasteiger partial charge >= 0.3 is 0 Å². The Labute approximate surface area is 143 Å². The predicted molar refractivity (Wildman–Crippen MR) is 98.8 cm³/mol. The lowest BCUT2D eigenvalue weighted by Crippen LogP contribution is -2.19. The summed E-state index contributed by atoms with van der Waals surface area (Å²) in [6.45, 7) is 0. The van der Waals surface area contributed by atoms with E-state index in [-0.39, 0.29) is 5.92 Å². The van der Waals surface area contributed by atoms with Crippen molar-refractivity contribution >= 4 is 0 Å². The number of aryl methyl sites for hydroxylation is 1. The van der Waals surface area contributed by atoms with E-state index in [0.29, 0.717) is 6.42 Å². The topological polar surface area (TPSA) is 46.2 Å². The van der Waals surface area contributed by atoms with Crippen LogP contribution in [0.15, 0.2) is 84.9 Å². The normalized spacial score (nSPS) is 12.3. The molecule has 24 heavy (non-hydrogen) atoms. The Morgan fingerprint density at radius 2 is 1.21 bits per heavy atom. The average Bonchev–Trinajstić information content (AvgIpc) is 2.63. The van der Waals surface area contributed by atoms with Crippen molar-refractivity contribution in [1.29, 1.82) is 0 Å². The molecule has 0 aliphatic carbocycles. The van der Waals surface area contributed by atoms with E-state index in [9.17, 15) is 5.11 Å². The monoisotopic (exact) mass is 317 g/mol. The van der Waals surface area contributed by atoms with Crippen molar-refractivity contribution < 1.29 is 5.11 Å². The third-order valence-corrected chi connectivity index (χ3v) is 4.34. The molecule has 0 aromatic heterocycles. The Morgan fingerprint density at radius 1 is 0.708 bits per heavy atom. The average molecular weight is 317 g/mol. The largest absolute Gasteiger partial charge is 0.379 e. The lowest BCUT2D eigenvalue weighted by Gasteiger charge is -2.22. The lowest BCUT2D eigenvalue weighted by atomic mass is 9.82. The summed E-state index contributed by atoms with van der Waals surface area (Å²) < 4.78 is 0. The molecule has 0 bridgehead atoms. The van der Waals surface area contributed by atoms with Gasteiger partial charge in [0, 0.05) is 5.92 Å². The molecular formula is C22H23NO. The van der Waals surface area contributed by atoms with Crippen molar-refractivity contribution in [1.82, 2.24) is 0 Å². The quantitative estimate of drug-likeness (QED) is 0.531. The number of benzene rings is 3. The van der Waals surface area contributed by atoms with Gasteiger partial charge in [-0.1, -0.05) is 84.9 Å². The summed E-state index contributed by atoms with van der Waals surface area (Å²) >= 11 is 0. The number of nitrogens with two attached hydrogens (primary N) is 1. The van der Waals surface area contributed by atoms with Crippen LogP contribution in [0.1, 0.15) is 34.6 Å². The summed E-state index contributed by atoms with van der Waals surface area (Å²) in [7, 11) is 0. The molecule has 3 rings (SSSR count). The molecule has 0 saturated carbocycles. The zero-order valence-corrected chi connectivity index (χ0v) is 13.7. The Bertz CT molecular complexity index is 714. The van der Waals surface area contributed by atoms with Gasteiger partial charge in [0.1, 0.15) is 6.23 Å². The van der Waals surface area contributed by atoms with Gasteiger partial charge in [-0.2, -0.15) is 0 Å². The number of aliphatic hydroxyl groups is 1. The van der Waals surface area contributed by atoms with Crippen LogP contribution in [0.25, 0.3) is 0 Å². The van der Waals surface area contributed by atoms with Gasteiger partial charge in [0.05, 0.1) is 0 Å². The second-order valence-corrected chi connectivity index (χ2v) is 6.06. The molecule has 3 aromatic carbocycles. The fourth-order valence-electron chi connectivity index (χ4n) is 3.19. The van der Waals surface area contributed by atoms with Gasteiger partial charge in [-0.25, -0.2) is 0 Å². The van der Waals surface area contributed by atoms with E-state index in [1.54, 1.807) is 0 Å². The standard InChI is InChI=1S/C22H23NO/c23-21(24)16-15-17-9-7-8-14-20(17)22(18-10-3-1-4-11-18)19-12-5-2-6-13-19/h1-14,21-22,24H,15-16,23H2. The zero-order valence-electron chi connectivity index (χ0n) is 13.7. The maximum Gasteiger partial charge on any atom is 0.102 e. The Balaban J connectivity index is 2.07. The van der Waals surface area contributed by atoms with E-state index in [1.165, 1.54) is 22.3 Å². The van der Waals surface area contributed by atoms with Crippen molar-refractivity contribution in [2.24, 2.45) is 5.73 Å². The van der Waals surface area contributed by atoms with Crippen LogP contribution in [-0.4, -0.2) is 11.3 Å². The Morgan fingerprint density at radius 3 is 1.75 bits per heavy atom. The molecule has 2 heteroatoms. The molecule has 0 saturated heterocycles. The van der Waals surface area contributed by atoms with Gasteiger partial charge in [-0.3, -0.25) is 0 Å². The van der Waals surface area contributed by atoms with Crippen LogP contribution in [0, 0.1) is 0 Å². The van der Waals surface area contributed by atoms with Gasteiger partial charge in [0.2, 0.25) is 0 Å². The third kappa shape index (κ3) is 3.91. The second kappa shape index (κ2) is 7.91. The summed E-state index contributed by atoms with van der Waals surface area (Å²) in [6.07, 6.45) is 0.557. The molecule has 0 fully saturated rings. The summed E-state index contributed by atoms with van der Waals surface area (Å²) in [5.41, 5.74) is 10.6. The van der Waals surface area contributed by atoms with Gasteiger partial charge in [0.25, 0.3) is 0 Å². The van der Waals surface area contributed by atoms with Crippen molar-refractivity contribution in [3.05, 3.63) is 107 Å². The summed E-state index contributed by atoms with van der Waals surface area (Å²) in [5.74, 6) is 0.179. The van der Waals surface area contributed by atoms with Crippen LogP contribution in [0.3, 0.4) is 0 Å². The van der Waals surface area contributed by atoms with E-state index in [0.717, 1.165) is 6.42 Å². The first-order valence-corrected chi connectivity index (χ1v) is 8.37. The Hall–Kier alpha value is -2.42. The first-order valence-electron chi connectivity index (χ1n) is 8.37. The maximum absolute atomic E-state index is 9.46. The molecule has 0 amide bonds. The molecule has 0 aliphatic heterocycles. The molecule has 1 atom stereocenters. The molecule has 3 aromatic rings. The van der Waals surface area contributed by atoms with Gasteiger partial charge in [-0.15, -0.1) is 0 Å². The number of rotatable bonds is 6. The lowest BCUT2D eigenvalue weighted by molar-refractivity contribution is 0.172. The van der Waals surface area contributed by atoms with Crippen molar-refractivity contribution in [2.45, 2.75) is 25.0 Å². The van der Waals surface area contributed by atoms with E-state index < -0.39 is 6.23 Å².